The van der Waals surface area contributed by atoms with Crippen molar-refractivity contribution < 1.29 is 27.5 Å². The van der Waals surface area contributed by atoms with Crippen LogP contribution in [0.5, 0.6) is 0 Å². The van der Waals surface area contributed by atoms with Gasteiger partial charge in [0.15, 0.2) is 0 Å². The summed E-state index contributed by atoms with van der Waals surface area (Å²) in [6, 6.07) is 5.43. The van der Waals surface area contributed by atoms with E-state index >= 15 is 0 Å². The van der Waals surface area contributed by atoms with Crippen molar-refractivity contribution in [1.29, 1.82) is 0 Å². The number of nitrogens with zero attached hydrogens (tertiary/aromatic N) is 3. The summed E-state index contributed by atoms with van der Waals surface area (Å²) >= 11 is 0. The Labute approximate surface area is 163 Å². The minimum atomic E-state index is -3.69. The summed E-state index contributed by atoms with van der Waals surface area (Å²) in [5.74, 6) is -1.72. The summed E-state index contributed by atoms with van der Waals surface area (Å²) in [7, 11) is -3.69. The quantitative estimate of drug-likeness (QED) is 0.487. The van der Waals surface area contributed by atoms with Crippen LogP contribution in [0.25, 0.3) is 0 Å². The molecule has 0 unspecified atom stereocenters. The summed E-state index contributed by atoms with van der Waals surface area (Å²) in [6.07, 6.45) is 1.40. The first-order valence-corrected chi connectivity index (χ1v) is 10.6. The number of unbranched alkanes of at least 4 members (excludes halogenated alkanes) is 1. The number of benzene rings is 1. The zero-order valence-electron chi connectivity index (χ0n) is 15.7. The van der Waals surface area contributed by atoms with Crippen molar-refractivity contribution in [3.8, 4) is 0 Å². The smallest absolute Gasteiger partial charge is 0.334 e. The van der Waals surface area contributed by atoms with E-state index in [-0.39, 0.29) is 31.1 Å². The van der Waals surface area contributed by atoms with Gasteiger partial charge in [-0.1, -0.05) is 25.5 Å². The van der Waals surface area contributed by atoms with Gasteiger partial charge in [-0.2, -0.15) is 4.31 Å². The van der Waals surface area contributed by atoms with E-state index < -0.39 is 27.9 Å². The molecule has 1 aromatic carbocycles. The van der Waals surface area contributed by atoms with Gasteiger partial charge < -0.3 is 4.74 Å². The molecule has 0 aromatic heterocycles. The third-order valence-electron chi connectivity index (χ3n) is 4.72. The van der Waals surface area contributed by atoms with Crippen LogP contribution in [0.4, 0.5) is 4.79 Å². The Morgan fingerprint density at radius 3 is 2.39 bits per heavy atom. The second-order valence-electron chi connectivity index (χ2n) is 6.65. The molecule has 9 nitrogen and oxygen atoms in total. The summed E-state index contributed by atoms with van der Waals surface area (Å²) in [4.78, 5) is 38.6. The second-order valence-corrected chi connectivity index (χ2v) is 8.59. The first kappa shape index (κ1) is 20.4. The van der Waals surface area contributed by atoms with Gasteiger partial charge in [0.2, 0.25) is 10.0 Å². The molecule has 0 N–H and O–H groups in total. The lowest BCUT2D eigenvalue weighted by atomic mass is 10.2. The van der Waals surface area contributed by atoms with E-state index in [9.17, 15) is 22.8 Å². The molecule has 10 heteroatoms. The molecule has 0 bridgehead atoms. The molecule has 0 aliphatic carbocycles. The largest absolute Gasteiger partial charge is 0.379 e. The van der Waals surface area contributed by atoms with Crippen molar-refractivity contribution in [1.82, 2.24) is 14.1 Å². The van der Waals surface area contributed by atoms with Gasteiger partial charge in [0.05, 0.1) is 24.7 Å². The van der Waals surface area contributed by atoms with E-state index in [1.54, 1.807) is 12.1 Å². The maximum absolute atomic E-state index is 12.8. The van der Waals surface area contributed by atoms with Crippen molar-refractivity contribution in [3.05, 3.63) is 29.8 Å². The summed E-state index contributed by atoms with van der Waals surface area (Å²) in [6.45, 7) is 3.19. The van der Waals surface area contributed by atoms with Crippen molar-refractivity contribution >= 4 is 27.9 Å². The lowest BCUT2D eigenvalue weighted by Gasteiger charge is -2.26. The zero-order valence-corrected chi connectivity index (χ0v) is 16.5. The number of morpholine rings is 1. The van der Waals surface area contributed by atoms with Gasteiger partial charge in [0.25, 0.3) is 0 Å². The Morgan fingerprint density at radius 1 is 1.04 bits per heavy atom. The van der Waals surface area contributed by atoms with Gasteiger partial charge in [0.1, 0.15) is 0 Å². The Morgan fingerprint density at radius 2 is 1.71 bits per heavy atom. The van der Waals surface area contributed by atoms with Crippen molar-refractivity contribution in [2.24, 2.45) is 0 Å². The molecular formula is C18H23N3O6S. The number of hydrogen-bond donors (Lipinski definition) is 0. The van der Waals surface area contributed by atoms with Crippen LogP contribution in [-0.4, -0.2) is 73.2 Å². The highest BCUT2D eigenvalue weighted by Crippen LogP contribution is 2.21. The predicted molar refractivity (Wildman–Crippen MR) is 98.6 cm³/mol. The molecule has 2 aliphatic rings. The van der Waals surface area contributed by atoms with Gasteiger partial charge in [-0.3, -0.25) is 19.4 Å². The number of urea groups is 1. The minimum Gasteiger partial charge on any atom is -0.379 e. The van der Waals surface area contributed by atoms with Gasteiger partial charge in [-0.15, -0.1) is 0 Å². The van der Waals surface area contributed by atoms with Crippen LogP contribution in [0.3, 0.4) is 0 Å². The fourth-order valence-corrected chi connectivity index (χ4v) is 4.60. The highest BCUT2D eigenvalue weighted by molar-refractivity contribution is 7.89. The van der Waals surface area contributed by atoms with Crippen LogP contribution in [0.15, 0.2) is 29.2 Å². The van der Waals surface area contributed by atoms with Gasteiger partial charge >= 0.3 is 17.8 Å². The van der Waals surface area contributed by atoms with E-state index in [1.807, 2.05) is 6.92 Å². The van der Waals surface area contributed by atoms with E-state index in [4.69, 9.17) is 4.74 Å². The maximum Gasteiger partial charge on any atom is 0.334 e. The average Bonchev–Trinajstić information content (AvgIpc) is 2.90. The average molecular weight is 409 g/mol. The predicted octanol–water partition coefficient (Wildman–Crippen LogP) is 0.798. The van der Waals surface area contributed by atoms with E-state index in [0.717, 1.165) is 16.2 Å². The summed E-state index contributed by atoms with van der Waals surface area (Å²) < 4.78 is 32.1. The number of sulfonamides is 1. The molecule has 1 aromatic rings. The molecular weight excluding hydrogens is 386 g/mol. The van der Waals surface area contributed by atoms with E-state index in [2.05, 4.69) is 0 Å². The third-order valence-corrected chi connectivity index (χ3v) is 6.61. The number of carbonyl (C=O) groups excluding carboxylic acids is 3. The van der Waals surface area contributed by atoms with Crippen LogP contribution >= 0.6 is 0 Å². The zero-order chi connectivity index (χ0) is 20.3. The fourth-order valence-electron chi connectivity index (χ4n) is 3.13. The topological polar surface area (TPSA) is 104 Å². The molecule has 3 rings (SSSR count). The normalized spacial score (nSPS) is 19.0. The monoisotopic (exact) mass is 409 g/mol. The fraction of sp³-hybridized carbons (Fsp3) is 0.500. The molecule has 0 spiro atoms. The molecule has 0 atom stereocenters. The van der Waals surface area contributed by atoms with Crippen LogP contribution in [-0.2, 0) is 30.9 Å². The van der Waals surface area contributed by atoms with Gasteiger partial charge in [-0.25, -0.2) is 13.2 Å². The molecule has 28 heavy (non-hydrogen) atoms. The summed E-state index contributed by atoms with van der Waals surface area (Å²) in [5, 5.41) is 0. The second kappa shape index (κ2) is 8.38. The lowest BCUT2D eigenvalue weighted by Crippen LogP contribution is -2.40. The molecule has 0 saturated carbocycles. The number of rotatable bonds is 7. The van der Waals surface area contributed by atoms with Gasteiger partial charge in [0, 0.05) is 19.6 Å². The molecule has 2 heterocycles. The number of imide groups is 2. The molecule has 2 fully saturated rings. The standard InChI is InChI=1S/C18H23N3O6S/c1-2-3-7-20-16(22)17(23)21(18(20)24)13-14-5-4-6-15(12-14)28(25,26)19-8-10-27-11-9-19/h4-6,12H,2-3,7-11,13H2,1H3. The number of ether oxygens (including phenoxy) is 1. The summed E-state index contributed by atoms with van der Waals surface area (Å²) in [5.41, 5.74) is 0.459. The molecule has 0 radical (unpaired) electrons. The third kappa shape index (κ3) is 3.94. The van der Waals surface area contributed by atoms with Gasteiger partial charge in [-0.05, 0) is 24.1 Å². The van der Waals surface area contributed by atoms with Crippen molar-refractivity contribution in [2.45, 2.75) is 31.2 Å². The lowest BCUT2D eigenvalue weighted by molar-refractivity contribution is -0.143. The van der Waals surface area contributed by atoms with E-state index in [1.165, 1.54) is 16.4 Å². The van der Waals surface area contributed by atoms with Crippen molar-refractivity contribution in [2.75, 3.05) is 32.8 Å². The van der Waals surface area contributed by atoms with Crippen LogP contribution in [0, 0.1) is 0 Å². The molecule has 2 aliphatic heterocycles. The number of carbonyl (C=O) groups is 3. The first-order valence-electron chi connectivity index (χ1n) is 9.20. The Balaban J connectivity index is 1.78. The SMILES string of the molecule is CCCCN1C(=O)C(=O)N(Cc2cccc(S(=O)(=O)N3CCOCC3)c2)C1=O. The number of amides is 4. The first-order chi connectivity index (χ1) is 13.4. The van der Waals surface area contributed by atoms with E-state index in [0.29, 0.717) is 25.2 Å². The van der Waals surface area contributed by atoms with Crippen LogP contribution < -0.4 is 0 Å². The Bertz CT molecular complexity index is 879. The molecule has 4 amide bonds. The highest BCUT2D eigenvalue weighted by Gasteiger charge is 2.43. The number of hydrogen-bond acceptors (Lipinski definition) is 6. The Hall–Kier alpha value is -2.30. The molecule has 152 valence electrons. The van der Waals surface area contributed by atoms with Crippen molar-refractivity contribution in [3.63, 3.8) is 0 Å². The van der Waals surface area contributed by atoms with Crippen LogP contribution in [0.1, 0.15) is 25.3 Å². The molecule has 2 saturated heterocycles. The minimum absolute atomic E-state index is 0.0835. The Kier molecular flexibility index (Phi) is 6.11. The van der Waals surface area contributed by atoms with Crippen LogP contribution in [0.2, 0.25) is 0 Å². The highest BCUT2D eigenvalue weighted by atomic mass is 32.2. The maximum atomic E-state index is 12.8.